The molecule has 96 valence electrons. The maximum atomic E-state index is 11.4. The average Bonchev–Trinajstić information content (AvgIpc) is 2.13. The largest absolute Gasteiger partial charge is 0.497 e. The highest BCUT2D eigenvalue weighted by atomic mass is 32.3. The molecule has 1 aromatic rings. The maximum absolute atomic E-state index is 11.4. The van der Waals surface area contributed by atoms with Gasteiger partial charge in [-0.2, -0.15) is 8.42 Å². The van der Waals surface area contributed by atoms with E-state index in [-0.39, 0.29) is 0 Å². The predicted octanol–water partition coefficient (Wildman–Crippen LogP) is -0.682. The molecule has 0 fully saturated rings. The first-order valence-electron chi connectivity index (χ1n) is 4.39. The third-order valence-electron chi connectivity index (χ3n) is 1.73. The molecule has 3 N–H and O–H groups in total. The molecule has 0 saturated heterocycles. The third kappa shape index (κ3) is 5.13. The second-order valence-electron chi connectivity index (χ2n) is 3.24. The van der Waals surface area contributed by atoms with Crippen molar-refractivity contribution in [1.82, 2.24) is 4.13 Å². The number of nitrogens with one attached hydrogen (secondary N) is 1. The van der Waals surface area contributed by atoms with Gasteiger partial charge in [0.2, 0.25) is 10.0 Å². The topological polar surface area (TPSA) is 116 Å². The molecule has 0 spiro atoms. The summed E-state index contributed by atoms with van der Waals surface area (Å²) < 4.78 is 50.3. The lowest BCUT2D eigenvalue weighted by molar-refractivity contribution is 0.414. The van der Waals surface area contributed by atoms with Crippen LogP contribution in [0.5, 0.6) is 5.75 Å². The van der Waals surface area contributed by atoms with Gasteiger partial charge >= 0.3 is 0 Å². The zero-order valence-electron chi connectivity index (χ0n) is 8.95. The van der Waals surface area contributed by atoms with Crippen molar-refractivity contribution in [3.05, 3.63) is 29.8 Å². The lowest BCUT2D eigenvalue weighted by atomic mass is 10.2. The Morgan fingerprint density at radius 1 is 1.29 bits per heavy atom. The zero-order chi connectivity index (χ0) is 13.1. The van der Waals surface area contributed by atoms with Crippen LogP contribution in [0.2, 0.25) is 0 Å². The molecule has 1 aromatic carbocycles. The summed E-state index contributed by atoms with van der Waals surface area (Å²) in [5.74, 6) is -0.0195. The first kappa shape index (κ1) is 13.9. The Labute approximate surface area is 99.8 Å². The van der Waals surface area contributed by atoms with Crippen LogP contribution in [-0.2, 0) is 26.0 Å². The summed E-state index contributed by atoms with van der Waals surface area (Å²) in [5.41, 5.74) is 0.389. The molecule has 0 aliphatic carbocycles. The monoisotopic (exact) mass is 280 g/mol. The summed E-state index contributed by atoms with van der Waals surface area (Å²) in [6.07, 6.45) is 0. The van der Waals surface area contributed by atoms with E-state index < -0.39 is 26.0 Å². The van der Waals surface area contributed by atoms with Crippen LogP contribution >= 0.6 is 0 Å². The number of hydrogen-bond donors (Lipinski definition) is 2. The van der Waals surface area contributed by atoms with Crippen LogP contribution in [0, 0.1) is 0 Å². The van der Waals surface area contributed by atoms with E-state index in [0.29, 0.717) is 11.3 Å². The van der Waals surface area contributed by atoms with Crippen LogP contribution in [0.15, 0.2) is 24.3 Å². The second-order valence-corrected chi connectivity index (χ2v) is 6.51. The van der Waals surface area contributed by atoms with Crippen molar-refractivity contribution in [1.29, 1.82) is 0 Å². The van der Waals surface area contributed by atoms with Gasteiger partial charge in [0.15, 0.2) is 0 Å². The van der Waals surface area contributed by atoms with Crippen molar-refractivity contribution in [3.8, 4) is 5.75 Å². The van der Waals surface area contributed by atoms with Crippen molar-refractivity contribution >= 4 is 20.2 Å². The average molecular weight is 280 g/mol. The van der Waals surface area contributed by atoms with E-state index in [2.05, 4.69) is 5.14 Å². The molecule has 0 amide bonds. The molecule has 0 aliphatic rings. The fraction of sp³-hybridized carbons (Fsp3) is 0.250. The highest BCUT2D eigenvalue weighted by Crippen LogP contribution is 2.14. The second kappa shape index (κ2) is 5.00. The maximum Gasteiger partial charge on any atom is 0.287 e. The molecule has 0 aliphatic heterocycles. The molecular weight excluding hydrogens is 268 g/mol. The molecule has 0 unspecified atom stereocenters. The number of nitrogens with two attached hydrogens (primary N) is 1. The Bertz CT molecular complexity index is 594. The molecule has 0 radical (unpaired) electrons. The molecule has 1 rings (SSSR count). The fourth-order valence-electron chi connectivity index (χ4n) is 1.19. The molecule has 0 heterocycles. The summed E-state index contributed by atoms with van der Waals surface area (Å²) in [5, 5.41) is 4.59. The molecule has 0 saturated carbocycles. The number of methoxy groups -OCH3 is 1. The summed E-state index contributed by atoms with van der Waals surface area (Å²) in [4.78, 5) is 0. The molecule has 0 aromatic heterocycles. The molecule has 9 heteroatoms. The van der Waals surface area contributed by atoms with E-state index in [4.69, 9.17) is 4.74 Å². The van der Waals surface area contributed by atoms with Gasteiger partial charge in [-0.25, -0.2) is 13.6 Å². The van der Waals surface area contributed by atoms with Crippen LogP contribution in [0.3, 0.4) is 0 Å². The van der Waals surface area contributed by atoms with E-state index >= 15 is 0 Å². The Morgan fingerprint density at radius 2 is 1.94 bits per heavy atom. The highest BCUT2D eigenvalue weighted by Gasteiger charge is 2.17. The first-order valence-corrected chi connectivity index (χ1v) is 7.59. The number of rotatable bonds is 5. The van der Waals surface area contributed by atoms with Gasteiger partial charge in [0, 0.05) is 0 Å². The van der Waals surface area contributed by atoms with Crippen LogP contribution in [0.25, 0.3) is 0 Å². The summed E-state index contributed by atoms with van der Waals surface area (Å²) in [6.45, 7) is 0. The Hall–Kier alpha value is -1.16. The van der Waals surface area contributed by atoms with Gasteiger partial charge in [-0.3, -0.25) is 0 Å². The van der Waals surface area contributed by atoms with Gasteiger partial charge in [-0.15, -0.1) is 0 Å². The molecule has 0 bridgehead atoms. The summed E-state index contributed by atoms with van der Waals surface area (Å²) >= 11 is 0. The standard InChI is InChI=1S/C8H12N2O5S2/c1-15-8-4-2-3-7(5-8)6-16(11,12)10-17(9,13)14/h2-5,10H,6H2,1H3,(H2,9,13,14). The lowest BCUT2D eigenvalue weighted by Gasteiger charge is -2.06. The lowest BCUT2D eigenvalue weighted by Crippen LogP contribution is -2.36. The van der Waals surface area contributed by atoms with E-state index in [9.17, 15) is 16.8 Å². The normalized spacial score (nSPS) is 12.4. The Kier molecular flexibility index (Phi) is 4.09. The van der Waals surface area contributed by atoms with E-state index in [1.807, 2.05) is 0 Å². The van der Waals surface area contributed by atoms with E-state index in [1.54, 1.807) is 12.1 Å². The number of hydrogen-bond acceptors (Lipinski definition) is 5. The van der Waals surface area contributed by atoms with Gasteiger partial charge < -0.3 is 4.74 Å². The van der Waals surface area contributed by atoms with Crippen LogP contribution in [-0.4, -0.2) is 23.9 Å². The van der Waals surface area contributed by atoms with E-state index in [0.717, 1.165) is 0 Å². The highest BCUT2D eigenvalue weighted by molar-refractivity contribution is 8.03. The van der Waals surface area contributed by atoms with Crippen molar-refractivity contribution in [2.75, 3.05) is 7.11 Å². The van der Waals surface area contributed by atoms with Gasteiger partial charge in [0.1, 0.15) is 5.75 Å². The minimum Gasteiger partial charge on any atom is -0.497 e. The molecule has 7 nitrogen and oxygen atoms in total. The fourth-order valence-corrected chi connectivity index (χ4v) is 3.46. The van der Waals surface area contributed by atoms with Gasteiger partial charge in [0.25, 0.3) is 10.2 Å². The molecule has 0 atom stereocenters. The Balaban J connectivity index is 2.90. The van der Waals surface area contributed by atoms with Gasteiger partial charge in [-0.1, -0.05) is 16.3 Å². The van der Waals surface area contributed by atoms with Crippen LogP contribution in [0.1, 0.15) is 5.56 Å². The predicted molar refractivity (Wildman–Crippen MR) is 61.9 cm³/mol. The van der Waals surface area contributed by atoms with Crippen molar-refractivity contribution in [2.24, 2.45) is 5.14 Å². The van der Waals surface area contributed by atoms with Crippen molar-refractivity contribution in [3.63, 3.8) is 0 Å². The number of sulfonamides is 1. The summed E-state index contributed by atoms with van der Waals surface area (Å²) in [6, 6.07) is 6.26. The number of benzene rings is 1. The number of ether oxygens (including phenoxy) is 1. The van der Waals surface area contributed by atoms with Crippen LogP contribution < -0.4 is 14.0 Å². The summed E-state index contributed by atoms with van der Waals surface area (Å²) in [7, 11) is -6.88. The van der Waals surface area contributed by atoms with Crippen LogP contribution in [0.4, 0.5) is 0 Å². The quantitative estimate of drug-likeness (QED) is 0.741. The minimum atomic E-state index is -4.29. The molecular formula is C8H12N2O5S2. The first-order chi connectivity index (χ1) is 7.72. The van der Waals surface area contributed by atoms with Gasteiger partial charge in [-0.05, 0) is 17.7 Å². The zero-order valence-corrected chi connectivity index (χ0v) is 10.6. The SMILES string of the molecule is COc1cccc(CS(=O)(=O)NS(N)(=O)=O)c1. The minimum absolute atomic E-state index is 0.389. The van der Waals surface area contributed by atoms with Crippen molar-refractivity contribution in [2.45, 2.75) is 5.75 Å². The smallest absolute Gasteiger partial charge is 0.287 e. The van der Waals surface area contributed by atoms with Gasteiger partial charge in [0.05, 0.1) is 12.9 Å². The third-order valence-corrected chi connectivity index (χ3v) is 4.39. The Morgan fingerprint density at radius 3 is 2.47 bits per heavy atom. The van der Waals surface area contributed by atoms with E-state index in [1.165, 1.54) is 23.4 Å². The van der Waals surface area contributed by atoms with Crippen molar-refractivity contribution < 1.29 is 21.6 Å². The molecule has 17 heavy (non-hydrogen) atoms.